The molecule has 0 aliphatic heterocycles. The summed E-state index contributed by atoms with van der Waals surface area (Å²) in [7, 11) is 0. The van der Waals surface area contributed by atoms with Gasteiger partial charge >= 0.3 is 0 Å². The summed E-state index contributed by atoms with van der Waals surface area (Å²) in [6.07, 6.45) is 0.823. The minimum absolute atomic E-state index is 0. The summed E-state index contributed by atoms with van der Waals surface area (Å²) in [4.78, 5) is 0. The highest BCUT2D eigenvalue weighted by Gasteiger charge is 2.19. The van der Waals surface area contributed by atoms with Gasteiger partial charge in [-0.25, -0.2) is 0 Å². The van der Waals surface area contributed by atoms with Crippen LogP contribution in [0.1, 0.15) is 27.2 Å². The minimum Gasteiger partial charge on any atom is -0.389 e. The fourth-order valence-corrected chi connectivity index (χ4v) is 0.500. The minimum atomic E-state index is -0.714. The zero-order chi connectivity index (χ0) is 6.78. The number of nitrogens with two attached hydrogens (primary N) is 1. The first-order valence-electron chi connectivity index (χ1n) is 2.96. The molecule has 0 saturated carbocycles. The molecular weight excluding hydrogens is 138 g/mol. The number of rotatable bonds is 2. The second-order valence-corrected chi connectivity index (χ2v) is 2.67. The lowest BCUT2D eigenvalue weighted by Crippen LogP contribution is -2.42. The number of hydrogen-bond donors (Lipinski definition) is 2. The van der Waals surface area contributed by atoms with Crippen molar-refractivity contribution in [2.45, 2.75) is 38.8 Å². The van der Waals surface area contributed by atoms with E-state index in [1.807, 2.05) is 6.92 Å². The SMILES string of the molecule is CC[C@H](N)C(C)(C)O.Cl. The fourth-order valence-electron chi connectivity index (χ4n) is 0.500. The highest BCUT2D eigenvalue weighted by atomic mass is 35.5. The van der Waals surface area contributed by atoms with E-state index in [1.165, 1.54) is 0 Å². The van der Waals surface area contributed by atoms with Crippen molar-refractivity contribution < 1.29 is 5.11 Å². The summed E-state index contributed by atoms with van der Waals surface area (Å²) in [5, 5.41) is 9.16. The maximum absolute atomic E-state index is 9.16. The van der Waals surface area contributed by atoms with Crippen LogP contribution in [-0.2, 0) is 0 Å². The van der Waals surface area contributed by atoms with Crippen LogP contribution in [0.3, 0.4) is 0 Å². The van der Waals surface area contributed by atoms with Crippen molar-refractivity contribution in [2.24, 2.45) is 5.73 Å². The Bertz CT molecular complexity index is 69.9. The van der Waals surface area contributed by atoms with E-state index in [0.29, 0.717) is 0 Å². The average molecular weight is 154 g/mol. The summed E-state index contributed by atoms with van der Waals surface area (Å²) in [6, 6.07) is -0.0949. The Morgan fingerprint density at radius 1 is 1.56 bits per heavy atom. The highest BCUT2D eigenvalue weighted by molar-refractivity contribution is 5.85. The molecule has 3 N–H and O–H groups in total. The van der Waals surface area contributed by atoms with Crippen molar-refractivity contribution in [3.8, 4) is 0 Å². The van der Waals surface area contributed by atoms with E-state index in [0.717, 1.165) is 6.42 Å². The molecule has 0 aromatic carbocycles. The summed E-state index contributed by atoms with van der Waals surface area (Å²) >= 11 is 0. The van der Waals surface area contributed by atoms with E-state index in [9.17, 15) is 0 Å². The van der Waals surface area contributed by atoms with Crippen LogP contribution in [-0.4, -0.2) is 16.7 Å². The van der Waals surface area contributed by atoms with Crippen molar-refractivity contribution >= 4 is 12.4 Å². The van der Waals surface area contributed by atoms with Gasteiger partial charge < -0.3 is 10.8 Å². The Morgan fingerprint density at radius 2 is 1.89 bits per heavy atom. The molecule has 0 aliphatic carbocycles. The quantitative estimate of drug-likeness (QED) is 0.620. The summed E-state index contributed by atoms with van der Waals surface area (Å²) < 4.78 is 0. The lowest BCUT2D eigenvalue weighted by Gasteiger charge is -2.23. The van der Waals surface area contributed by atoms with Gasteiger partial charge in [0.2, 0.25) is 0 Å². The van der Waals surface area contributed by atoms with Crippen LogP contribution >= 0.6 is 12.4 Å². The van der Waals surface area contributed by atoms with E-state index in [-0.39, 0.29) is 18.4 Å². The smallest absolute Gasteiger partial charge is 0.0741 e. The number of halogens is 1. The average Bonchev–Trinajstić information content (AvgIpc) is 1.62. The van der Waals surface area contributed by atoms with Crippen molar-refractivity contribution in [2.75, 3.05) is 0 Å². The Kier molecular flexibility index (Phi) is 5.43. The normalized spacial score (nSPS) is 14.3. The predicted molar refractivity (Wildman–Crippen MR) is 41.8 cm³/mol. The van der Waals surface area contributed by atoms with Gasteiger partial charge in [0.05, 0.1) is 5.60 Å². The molecule has 0 radical (unpaired) electrons. The van der Waals surface area contributed by atoms with E-state index < -0.39 is 5.60 Å². The first-order chi connectivity index (χ1) is 3.48. The lowest BCUT2D eigenvalue weighted by atomic mass is 9.98. The molecule has 0 amide bonds. The molecule has 9 heavy (non-hydrogen) atoms. The van der Waals surface area contributed by atoms with Gasteiger partial charge in [-0.2, -0.15) is 0 Å². The van der Waals surface area contributed by atoms with Crippen LogP contribution < -0.4 is 5.73 Å². The molecule has 0 aliphatic rings. The van der Waals surface area contributed by atoms with Crippen molar-refractivity contribution in [1.29, 1.82) is 0 Å². The van der Waals surface area contributed by atoms with Gasteiger partial charge in [0.1, 0.15) is 0 Å². The van der Waals surface area contributed by atoms with Crippen LogP contribution in [0.15, 0.2) is 0 Å². The molecular formula is C6H16ClNO. The Hall–Kier alpha value is 0.210. The molecule has 58 valence electrons. The van der Waals surface area contributed by atoms with Crippen molar-refractivity contribution in [1.82, 2.24) is 0 Å². The zero-order valence-corrected chi connectivity index (χ0v) is 7.03. The van der Waals surface area contributed by atoms with E-state index in [4.69, 9.17) is 10.8 Å². The maximum atomic E-state index is 9.16. The third-order valence-electron chi connectivity index (χ3n) is 1.35. The van der Waals surface area contributed by atoms with Gasteiger partial charge in [0, 0.05) is 6.04 Å². The largest absolute Gasteiger partial charge is 0.389 e. The summed E-state index contributed by atoms with van der Waals surface area (Å²) in [5.41, 5.74) is 4.79. The van der Waals surface area contributed by atoms with Crippen LogP contribution in [0.5, 0.6) is 0 Å². The molecule has 0 heterocycles. The molecule has 2 nitrogen and oxygen atoms in total. The molecule has 0 spiro atoms. The number of aliphatic hydroxyl groups is 1. The molecule has 0 bridgehead atoms. The van der Waals surface area contributed by atoms with Crippen LogP contribution in [0.2, 0.25) is 0 Å². The second kappa shape index (κ2) is 4.09. The van der Waals surface area contributed by atoms with Crippen molar-refractivity contribution in [3.63, 3.8) is 0 Å². The Balaban J connectivity index is 0. The summed E-state index contributed by atoms with van der Waals surface area (Å²) in [6.45, 7) is 5.41. The summed E-state index contributed by atoms with van der Waals surface area (Å²) in [5.74, 6) is 0. The van der Waals surface area contributed by atoms with E-state index in [2.05, 4.69) is 0 Å². The van der Waals surface area contributed by atoms with Crippen molar-refractivity contribution in [3.05, 3.63) is 0 Å². The standard InChI is InChI=1S/C6H15NO.ClH/c1-4-5(7)6(2,3)8;/h5,8H,4,7H2,1-3H3;1H/t5-;/m0./s1. The van der Waals surface area contributed by atoms with Crippen LogP contribution in [0.25, 0.3) is 0 Å². The monoisotopic (exact) mass is 153 g/mol. The van der Waals surface area contributed by atoms with Gasteiger partial charge in [-0.05, 0) is 20.3 Å². The second-order valence-electron chi connectivity index (χ2n) is 2.67. The lowest BCUT2D eigenvalue weighted by molar-refractivity contribution is 0.0508. The fraction of sp³-hybridized carbons (Fsp3) is 1.00. The Labute approximate surface area is 62.9 Å². The topological polar surface area (TPSA) is 46.2 Å². The predicted octanol–water partition coefficient (Wildman–Crippen LogP) is 0.916. The Morgan fingerprint density at radius 3 is 1.89 bits per heavy atom. The van der Waals surface area contributed by atoms with E-state index in [1.54, 1.807) is 13.8 Å². The van der Waals surface area contributed by atoms with E-state index >= 15 is 0 Å². The zero-order valence-electron chi connectivity index (χ0n) is 6.22. The molecule has 1 atom stereocenters. The van der Waals surface area contributed by atoms with Gasteiger partial charge in [-0.3, -0.25) is 0 Å². The van der Waals surface area contributed by atoms with Gasteiger partial charge in [-0.15, -0.1) is 12.4 Å². The molecule has 0 fully saturated rings. The van der Waals surface area contributed by atoms with Crippen LogP contribution in [0.4, 0.5) is 0 Å². The van der Waals surface area contributed by atoms with Gasteiger partial charge in [0.25, 0.3) is 0 Å². The van der Waals surface area contributed by atoms with Crippen LogP contribution in [0, 0.1) is 0 Å². The molecule has 0 saturated heterocycles. The number of hydrogen-bond acceptors (Lipinski definition) is 2. The van der Waals surface area contributed by atoms with Gasteiger partial charge in [-0.1, -0.05) is 6.92 Å². The third kappa shape index (κ3) is 4.70. The molecule has 0 unspecified atom stereocenters. The molecule has 0 aromatic heterocycles. The highest BCUT2D eigenvalue weighted by Crippen LogP contribution is 2.07. The third-order valence-corrected chi connectivity index (χ3v) is 1.35. The molecule has 0 aromatic rings. The maximum Gasteiger partial charge on any atom is 0.0741 e. The molecule has 0 rings (SSSR count). The first-order valence-corrected chi connectivity index (χ1v) is 2.96. The van der Waals surface area contributed by atoms with Gasteiger partial charge in [0.15, 0.2) is 0 Å². The first kappa shape index (κ1) is 11.9. The molecule has 3 heteroatoms.